The molecular weight excluding hydrogens is 333 g/mol. The number of Topliss-reactive ketones (excluding diaryl/α,β-unsaturated/α-hetero) is 1. The van der Waals surface area contributed by atoms with E-state index in [2.05, 4.69) is 4.98 Å². The number of hydrogen-bond donors (Lipinski definition) is 0. The molecule has 4 rings (SSSR count). The lowest BCUT2D eigenvalue weighted by Gasteiger charge is -2.11. The molecule has 0 saturated heterocycles. The summed E-state index contributed by atoms with van der Waals surface area (Å²) in [5.41, 5.74) is 2.35. The summed E-state index contributed by atoms with van der Waals surface area (Å²) >= 11 is 0. The molecule has 1 atom stereocenters. The van der Waals surface area contributed by atoms with Crippen LogP contribution in [-0.2, 0) is 6.61 Å². The highest BCUT2D eigenvalue weighted by atomic mass is 19.1. The van der Waals surface area contributed by atoms with Gasteiger partial charge in [0, 0.05) is 17.5 Å². The average Bonchev–Trinajstić information content (AvgIpc) is 3.16. The van der Waals surface area contributed by atoms with Gasteiger partial charge in [-0.2, -0.15) is 0 Å². The van der Waals surface area contributed by atoms with Crippen LogP contribution in [0.25, 0.3) is 11.5 Å². The van der Waals surface area contributed by atoms with Crippen LogP contribution in [0.15, 0.2) is 46.9 Å². The Morgan fingerprint density at radius 2 is 2.00 bits per heavy atom. The standard InChI is InChI=1S/C21H18FNO3/c1-12-10-17(24)20-18(9-8-15(22)19(12)20)25-11-16-13(2)26-21(23-16)14-6-4-3-5-7-14/h3-9,12H,10-11H2,1-2H3. The van der Waals surface area contributed by atoms with Crippen molar-refractivity contribution in [3.63, 3.8) is 0 Å². The van der Waals surface area contributed by atoms with Crippen LogP contribution in [0.2, 0.25) is 0 Å². The second-order valence-electron chi connectivity index (χ2n) is 6.54. The summed E-state index contributed by atoms with van der Waals surface area (Å²) in [5, 5.41) is 0. The number of carbonyl (C=O) groups is 1. The van der Waals surface area contributed by atoms with Gasteiger partial charge in [0.2, 0.25) is 5.89 Å². The zero-order chi connectivity index (χ0) is 18.3. The van der Waals surface area contributed by atoms with Crippen LogP contribution >= 0.6 is 0 Å². The number of ketones is 1. The number of rotatable bonds is 4. The van der Waals surface area contributed by atoms with Gasteiger partial charge in [0.15, 0.2) is 5.78 Å². The zero-order valence-corrected chi connectivity index (χ0v) is 14.6. The summed E-state index contributed by atoms with van der Waals surface area (Å²) in [4.78, 5) is 16.7. The molecule has 1 heterocycles. The topological polar surface area (TPSA) is 52.3 Å². The highest BCUT2D eigenvalue weighted by molar-refractivity contribution is 6.03. The van der Waals surface area contributed by atoms with Crippen molar-refractivity contribution in [2.24, 2.45) is 0 Å². The monoisotopic (exact) mass is 351 g/mol. The first-order valence-electron chi connectivity index (χ1n) is 8.54. The lowest BCUT2D eigenvalue weighted by molar-refractivity contribution is 0.0986. The molecule has 0 fully saturated rings. The minimum absolute atomic E-state index is 0.0798. The second-order valence-corrected chi connectivity index (χ2v) is 6.54. The van der Waals surface area contributed by atoms with Crippen molar-refractivity contribution in [2.75, 3.05) is 0 Å². The molecule has 4 nitrogen and oxygen atoms in total. The molecule has 0 amide bonds. The van der Waals surface area contributed by atoms with Crippen LogP contribution in [0.3, 0.4) is 0 Å². The third-order valence-electron chi connectivity index (χ3n) is 4.70. The summed E-state index contributed by atoms with van der Waals surface area (Å²) in [6.07, 6.45) is 0.313. The van der Waals surface area contributed by atoms with Gasteiger partial charge in [-0.05, 0) is 37.1 Å². The molecule has 0 bridgehead atoms. The molecule has 132 valence electrons. The number of carbonyl (C=O) groups excluding carboxylic acids is 1. The Balaban J connectivity index is 1.60. The predicted octanol–water partition coefficient (Wildman–Crippen LogP) is 5.06. The van der Waals surface area contributed by atoms with Gasteiger partial charge >= 0.3 is 0 Å². The summed E-state index contributed by atoms with van der Waals surface area (Å²) in [5.74, 6) is 1.02. The first kappa shape index (κ1) is 16.5. The molecule has 1 aromatic heterocycles. The van der Waals surface area contributed by atoms with Gasteiger partial charge in [-0.3, -0.25) is 4.79 Å². The summed E-state index contributed by atoms with van der Waals surface area (Å²) < 4.78 is 25.6. The van der Waals surface area contributed by atoms with Gasteiger partial charge in [0.05, 0.1) is 5.56 Å². The van der Waals surface area contributed by atoms with E-state index >= 15 is 0 Å². The average molecular weight is 351 g/mol. The third-order valence-corrected chi connectivity index (χ3v) is 4.70. The lowest BCUT2D eigenvalue weighted by Crippen LogP contribution is -2.03. The fourth-order valence-electron chi connectivity index (χ4n) is 3.36. The molecule has 0 aliphatic heterocycles. The van der Waals surface area contributed by atoms with E-state index in [0.29, 0.717) is 40.6 Å². The summed E-state index contributed by atoms with van der Waals surface area (Å²) in [6, 6.07) is 12.5. The Kier molecular flexibility index (Phi) is 4.07. The van der Waals surface area contributed by atoms with Gasteiger partial charge in [-0.25, -0.2) is 9.37 Å². The number of aryl methyl sites for hydroxylation is 1. The zero-order valence-electron chi connectivity index (χ0n) is 14.6. The molecule has 0 saturated carbocycles. The van der Waals surface area contributed by atoms with E-state index in [9.17, 15) is 9.18 Å². The van der Waals surface area contributed by atoms with E-state index in [-0.39, 0.29) is 24.1 Å². The van der Waals surface area contributed by atoms with E-state index in [0.717, 1.165) is 5.56 Å². The van der Waals surface area contributed by atoms with Crippen molar-refractivity contribution < 1.29 is 18.3 Å². The Morgan fingerprint density at radius 1 is 1.23 bits per heavy atom. The Bertz CT molecular complexity index is 978. The molecule has 0 N–H and O–H groups in total. The smallest absolute Gasteiger partial charge is 0.226 e. The number of oxazole rings is 1. The minimum Gasteiger partial charge on any atom is -0.486 e. The van der Waals surface area contributed by atoms with E-state index in [4.69, 9.17) is 9.15 Å². The third kappa shape index (κ3) is 2.79. The van der Waals surface area contributed by atoms with Gasteiger partial charge in [0.25, 0.3) is 0 Å². The molecule has 0 radical (unpaired) electrons. The molecule has 1 aliphatic rings. The van der Waals surface area contributed by atoms with Crippen molar-refractivity contribution in [1.82, 2.24) is 4.98 Å². The van der Waals surface area contributed by atoms with Gasteiger partial charge < -0.3 is 9.15 Å². The number of ether oxygens (including phenoxy) is 1. The number of benzene rings is 2. The maximum absolute atomic E-state index is 14.1. The van der Waals surface area contributed by atoms with E-state index in [1.807, 2.05) is 44.2 Å². The van der Waals surface area contributed by atoms with E-state index in [1.54, 1.807) is 0 Å². The largest absolute Gasteiger partial charge is 0.486 e. The molecule has 5 heteroatoms. The van der Waals surface area contributed by atoms with Gasteiger partial charge in [-0.1, -0.05) is 25.1 Å². The number of fused-ring (bicyclic) bond motifs is 1. The summed E-state index contributed by atoms with van der Waals surface area (Å²) in [7, 11) is 0. The molecule has 3 aromatic rings. The fraction of sp³-hybridized carbons (Fsp3) is 0.238. The van der Waals surface area contributed by atoms with Gasteiger partial charge in [0.1, 0.15) is 29.6 Å². The lowest BCUT2D eigenvalue weighted by atomic mass is 10.0. The second kappa shape index (κ2) is 6.41. The van der Waals surface area contributed by atoms with Crippen molar-refractivity contribution in [3.05, 3.63) is 70.9 Å². The van der Waals surface area contributed by atoms with Crippen molar-refractivity contribution >= 4 is 5.78 Å². The highest BCUT2D eigenvalue weighted by Crippen LogP contribution is 2.40. The molecular formula is C21H18FNO3. The Labute approximate surface area is 150 Å². The number of nitrogens with zero attached hydrogens (tertiary/aromatic N) is 1. The van der Waals surface area contributed by atoms with Crippen LogP contribution < -0.4 is 4.74 Å². The molecule has 0 spiro atoms. The van der Waals surface area contributed by atoms with Crippen molar-refractivity contribution in [2.45, 2.75) is 32.8 Å². The number of aromatic nitrogens is 1. The maximum Gasteiger partial charge on any atom is 0.226 e. The first-order valence-corrected chi connectivity index (χ1v) is 8.54. The summed E-state index contributed by atoms with van der Waals surface area (Å²) in [6.45, 7) is 3.83. The quantitative estimate of drug-likeness (QED) is 0.659. The molecule has 1 unspecified atom stereocenters. The van der Waals surface area contributed by atoms with Crippen LogP contribution in [0, 0.1) is 12.7 Å². The van der Waals surface area contributed by atoms with E-state index in [1.165, 1.54) is 12.1 Å². The first-order chi connectivity index (χ1) is 12.5. The van der Waals surface area contributed by atoms with Crippen molar-refractivity contribution in [3.8, 4) is 17.2 Å². The predicted molar refractivity (Wildman–Crippen MR) is 94.8 cm³/mol. The van der Waals surface area contributed by atoms with Gasteiger partial charge in [-0.15, -0.1) is 0 Å². The molecule has 2 aromatic carbocycles. The van der Waals surface area contributed by atoms with Crippen LogP contribution in [-0.4, -0.2) is 10.8 Å². The van der Waals surface area contributed by atoms with E-state index < -0.39 is 0 Å². The fourth-order valence-corrected chi connectivity index (χ4v) is 3.36. The maximum atomic E-state index is 14.1. The normalized spacial score (nSPS) is 16.0. The minimum atomic E-state index is -0.352. The van der Waals surface area contributed by atoms with Crippen LogP contribution in [0.4, 0.5) is 4.39 Å². The van der Waals surface area contributed by atoms with Crippen LogP contribution in [0.1, 0.15) is 46.6 Å². The number of hydrogen-bond acceptors (Lipinski definition) is 4. The highest BCUT2D eigenvalue weighted by Gasteiger charge is 2.32. The SMILES string of the molecule is Cc1oc(-c2ccccc2)nc1COc1ccc(F)c2c1C(=O)CC2C. The Hall–Kier alpha value is -2.95. The Morgan fingerprint density at radius 3 is 2.77 bits per heavy atom. The van der Waals surface area contributed by atoms with Crippen LogP contribution in [0.5, 0.6) is 5.75 Å². The molecule has 26 heavy (non-hydrogen) atoms. The molecule has 1 aliphatic carbocycles. The number of halogens is 1. The van der Waals surface area contributed by atoms with Crippen molar-refractivity contribution in [1.29, 1.82) is 0 Å².